The molecule has 0 spiro atoms. The largest absolute Gasteiger partial charge is 0.489 e. The molecule has 6 aromatic rings. The van der Waals surface area contributed by atoms with Gasteiger partial charge in [0.05, 0.1) is 40.1 Å². The third-order valence-corrected chi connectivity index (χ3v) is 10.6. The Kier molecular flexibility index (Phi) is 8.78. The summed E-state index contributed by atoms with van der Waals surface area (Å²) in [5, 5.41) is 25.3. The van der Waals surface area contributed by atoms with Crippen molar-refractivity contribution >= 4 is 61.7 Å². The predicted molar refractivity (Wildman–Crippen MR) is 199 cm³/mol. The zero-order valence-electron chi connectivity index (χ0n) is 29.2. The normalized spacial score (nSPS) is 16.9. The number of aromatic nitrogens is 8. The lowest BCUT2D eigenvalue weighted by Crippen LogP contribution is -2.26. The molecule has 15 heteroatoms. The molecule has 0 radical (unpaired) electrons. The fourth-order valence-corrected chi connectivity index (χ4v) is 8.02. The number of fused-ring (bicyclic) bond motifs is 5. The van der Waals surface area contributed by atoms with E-state index in [2.05, 4.69) is 37.7 Å². The van der Waals surface area contributed by atoms with Gasteiger partial charge in [-0.15, -0.1) is 0 Å². The molecular formula is C37H38BrN11O3. The summed E-state index contributed by atoms with van der Waals surface area (Å²) in [5.41, 5.74) is 6.92. The molecule has 266 valence electrons. The number of carbonyl (C=O) groups is 2. The number of hydrogen-bond acceptors (Lipinski definition) is 8. The average Bonchev–Trinajstić information content (AvgIpc) is 3.88. The average molecular weight is 765 g/mol. The van der Waals surface area contributed by atoms with Crippen molar-refractivity contribution in [2.24, 2.45) is 0 Å². The lowest BCUT2D eigenvalue weighted by Gasteiger charge is -2.27. The number of para-hydroxylation sites is 1. The van der Waals surface area contributed by atoms with Gasteiger partial charge in [0.25, 0.3) is 11.8 Å². The number of carbonyl (C=O) groups excluding carboxylic acids is 2. The summed E-state index contributed by atoms with van der Waals surface area (Å²) < 4.78 is 14.7. The zero-order valence-corrected chi connectivity index (χ0v) is 30.8. The van der Waals surface area contributed by atoms with Crippen LogP contribution in [0.15, 0.2) is 40.9 Å². The van der Waals surface area contributed by atoms with E-state index in [9.17, 15) is 14.9 Å². The van der Waals surface area contributed by atoms with Gasteiger partial charge in [-0.1, -0.05) is 12.5 Å². The molecule has 0 bridgehead atoms. The van der Waals surface area contributed by atoms with E-state index < -0.39 is 0 Å². The van der Waals surface area contributed by atoms with Gasteiger partial charge in [0.2, 0.25) is 11.9 Å². The molecule has 2 amide bonds. The quantitative estimate of drug-likeness (QED) is 0.187. The van der Waals surface area contributed by atoms with Crippen molar-refractivity contribution < 1.29 is 14.3 Å². The number of ether oxygens (including phenoxy) is 1. The zero-order chi connectivity index (χ0) is 36.1. The van der Waals surface area contributed by atoms with Crippen molar-refractivity contribution in [3.8, 4) is 11.8 Å². The minimum absolute atomic E-state index is 0.175. The highest BCUT2D eigenvalue weighted by molar-refractivity contribution is 9.10. The molecule has 4 aromatic heterocycles. The van der Waals surface area contributed by atoms with E-state index in [0.29, 0.717) is 85.6 Å². The summed E-state index contributed by atoms with van der Waals surface area (Å²) in [5.74, 6) is 0.867. The van der Waals surface area contributed by atoms with E-state index in [1.165, 1.54) is 0 Å². The molecule has 8 rings (SSSR count). The Morgan fingerprint density at radius 1 is 1.00 bits per heavy atom. The van der Waals surface area contributed by atoms with Gasteiger partial charge in [0.15, 0.2) is 0 Å². The lowest BCUT2D eigenvalue weighted by atomic mass is 10.0. The molecule has 0 aliphatic carbocycles. The van der Waals surface area contributed by atoms with Crippen LogP contribution in [0.2, 0.25) is 0 Å². The summed E-state index contributed by atoms with van der Waals surface area (Å²) in [6.07, 6.45) is 4.54. The highest BCUT2D eigenvalue weighted by atomic mass is 79.9. The Morgan fingerprint density at radius 2 is 1.85 bits per heavy atom. The number of anilines is 2. The van der Waals surface area contributed by atoms with Gasteiger partial charge in [-0.05, 0) is 93.1 Å². The van der Waals surface area contributed by atoms with Crippen molar-refractivity contribution in [1.82, 2.24) is 38.7 Å². The standard InChI is InChI=1S/C37H38BrN11O3/c1-4-47-32-25(22(3)45-47)11-6-5-7-15-48-29(16-21(2)44-48)34(50)42-37-40-27-17-23(19-39)18-30-33(27)49(37)24(20-52-30)10-9-14-46-28-13-8-12-26(38)31(28)41-36(46)43-35(32)51/h8,12-13,16-18,24H,4-7,9-11,14-15,20H2,1-3H3,(H,40,42,50)(H,41,43,51)/t24-/m0/s1. The molecule has 2 aliphatic heterocycles. The van der Waals surface area contributed by atoms with Gasteiger partial charge in [-0.3, -0.25) is 29.6 Å². The van der Waals surface area contributed by atoms with Crippen LogP contribution in [0.5, 0.6) is 5.75 Å². The van der Waals surface area contributed by atoms with Crippen LogP contribution in [-0.2, 0) is 26.1 Å². The maximum Gasteiger partial charge on any atom is 0.276 e. The molecule has 0 saturated carbocycles. The van der Waals surface area contributed by atoms with Crippen molar-refractivity contribution in [2.75, 3.05) is 17.2 Å². The minimum Gasteiger partial charge on any atom is -0.489 e. The van der Waals surface area contributed by atoms with Crippen LogP contribution in [0.1, 0.15) is 88.6 Å². The number of nitrogens with one attached hydrogen (secondary N) is 2. The Morgan fingerprint density at radius 3 is 2.67 bits per heavy atom. The fourth-order valence-electron chi connectivity index (χ4n) is 7.57. The second-order valence-electron chi connectivity index (χ2n) is 13.4. The van der Waals surface area contributed by atoms with E-state index in [-0.39, 0.29) is 17.9 Å². The SMILES string of the molecule is CCn1nc(C)c2c1C(=O)Nc1nc3c(Br)cccc3n1CCC[C@H]1COc3cc(C#N)cc4nc(n1c34)NC(=O)c1cc(C)nn1CCCCC2. The summed E-state index contributed by atoms with van der Waals surface area (Å²) in [6, 6.07) is 13.2. The second-order valence-corrected chi connectivity index (χ2v) is 14.3. The van der Waals surface area contributed by atoms with E-state index >= 15 is 0 Å². The van der Waals surface area contributed by atoms with Gasteiger partial charge < -0.3 is 13.9 Å². The molecule has 2 aliphatic rings. The minimum atomic E-state index is -0.303. The summed E-state index contributed by atoms with van der Waals surface area (Å²) in [6.45, 7) is 7.82. The summed E-state index contributed by atoms with van der Waals surface area (Å²) in [4.78, 5) is 37.8. The van der Waals surface area contributed by atoms with Crippen molar-refractivity contribution in [1.29, 1.82) is 5.26 Å². The predicted octanol–water partition coefficient (Wildman–Crippen LogP) is 6.69. The number of halogens is 1. The van der Waals surface area contributed by atoms with Gasteiger partial charge in [-0.2, -0.15) is 15.5 Å². The van der Waals surface area contributed by atoms with Crippen LogP contribution in [-0.4, -0.2) is 57.1 Å². The third kappa shape index (κ3) is 5.90. The first kappa shape index (κ1) is 33.6. The van der Waals surface area contributed by atoms with Crippen LogP contribution in [0.4, 0.5) is 11.9 Å². The highest BCUT2D eigenvalue weighted by Gasteiger charge is 2.30. The first-order valence-corrected chi connectivity index (χ1v) is 18.5. The van der Waals surface area contributed by atoms with Gasteiger partial charge in [0.1, 0.15) is 34.8 Å². The first-order chi connectivity index (χ1) is 25.2. The number of benzene rings is 2. The second kappa shape index (κ2) is 13.6. The van der Waals surface area contributed by atoms with Crippen LogP contribution in [0.25, 0.3) is 22.1 Å². The smallest absolute Gasteiger partial charge is 0.276 e. The van der Waals surface area contributed by atoms with Gasteiger partial charge >= 0.3 is 0 Å². The molecule has 6 heterocycles. The number of amides is 2. The Bertz CT molecular complexity index is 2430. The molecule has 2 aromatic carbocycles. The third-order valence-electron chi connectivity index (χ3n) is 9.97. The summed E-state index contributed by atoms with van der Waals surface area (Å²) >= 11 is 3.66. The lowest BCUT2D eigenvalue weighted by molar-refractivity contribution is 0.100. The number of aryl methyl sites for hydroxylation is 5. The fraction of sp³-hybridized carbons (Fsp3) is 0.378. The van der Waals surface area contributed by atoms with Crippen molar-refractivity contribution in [3.63, 3.8) is 0 Å². The number of hydrogen-bond donors (Lipinski definition) is 2. The maximum atomic E-state index is 14.2. The topological polar surface area (TPSA) is 162 Å². The van der Waals surface area contributed by atoms with Gasteiger partial charge in [-0.25, -0.2) is 9.97 Å². The number of nitriles is 1. The molecule has 0 saturated heterocycles. The molecule has 52 heavy (non-hydrogen) atoms. The first-order valence-electron chi connectivity index (χ1n) is 17.7. The van der Waals surface area contributed by atoms with Gasteiger partial charge in [0, 0.05) is 35.7 Å². The van der Waals surface area contributed by atoms with E-state index in [1.807, 2.05) is 48.1 Å². The molecule has 1 atom stereocenters. The van der Waals surface area contributed by atoms with Crippen molar-refractivity contribution in [3.05, 3.63) is 74.8 Å². The van der Waals surface area contributed by atoms with E-state index in [4.69, 9.17) is 19.8 Å². The maximum absolute atomic E-state index is 14.2. The number of nitrogens with zero attached hydrogens (tertiary/aromatic N) is 9. The molecule has 0 fully saturated rings. The Labute approximate surface area is 307 Å². The van der Waals surface area contributed by atoms with Crippen molar-refractivity contribution in [2.45, 2.75) is 85.0 Å². The monoisotopic (exact) mass is 763 g/mol. The Hall–Kier alpha value is -5.49. The van der Waals surface area contributed by atoms with Crippen LogP contribution in [0, 0.1) is 25.2 Å². The number of rotatable bonds is 1. The summed E-state index contributed by atoms with van der Waals surface area (Å²) in [7, 11) is 0. The van der Waals surface area contributed by atoms with E-state index in [0.717, 1.165) is 57.2 Å². The molecular weight excluding hydrogens is 726 g/mol. The molecule has 14 nitrogen and oxygen atoms in total. The molecule has 0 unspecified atom stereocenters. The number of imidazole rings is 2. The molecule has 2 N–H and O–H groups in total. The Balaban J connectivity index is 1.21. The van der Waals surface area contributed by atoms with E-state index in [1.54, 1.807) is 27.6 Å². The van der Waals surface area contributed by atoms with Crippen LogP contribution >= 0.6 is 15.9 Å². The highest BCUT2D eigenvalue weighted by Crippen LogP contribution is 2.39. The van der Waals surface area contributed by atoms with Crippen LogP contribution in [0.3, 0.4) is 0 Å². The van der Waals surface area contributed by atoms with Crippen LogP contribution < -0.4 is 15.4 Å².